The molecule has 17 heavy (non-hydrogen) atoms. The minimum Gasteiger partial charge on any atom is -0.374 e. The Labute approximate surface area is 108 Å². The van der Waals surface area contributed by atoms with Crippen molar-refractivity contribution < 1.29 is 4.74 Å². The lowest BCUT2D eigenvalue weighted by Gasteiger charge is -2.35. The van der Waals surface area contributed by atoms with E-state index in [1.54, 1.807) is 0 Å². The summed E-state index contributed by atoms with van der Waals surface area (Å²) in [6, 6.07) is 0.494. The molecule has 2 heteroatoms. The zero-order valence-electron chi connectivity index (χ0n) is 12.2. The molecule has 102 valence electrons. The summed E-state index contributed by atoms with van der Waals surface area (Å²) in [7, 11) is 0. The van der Waals surface area contributed by atoms with Crippen LogP contribution in [0, 0.1) is 5.92 Å². The van der Waals surface area contributed by atoms with E-state index in [1.807, 2.05) is 0 Å². The van der Waals surface area contributed by atoms with Crippen molar-refractivity contribution in [2.45, 2.75) is 77.9 Å². The van der Waals surface area contributed by atoms with Crippen LogP contribution >= 0.6 is 0 Å². The Morgan fingerprint density at radius 2 is 1.88 bits per heavy atom. The third kappa shape index (κ3) is 4.97. The van der Waals surface area contributed by atoms with E-state index in [0.717, 1.165) is 19.1 Å². The molecule has 0 aromatic rings. The van der Waals surface area contributed by atoms with Crippen molar-refractivity contribution in [1.29, 1.82) is 0 Å². The van der Waals surface area contributed by atoms with Gasteiger partial charge in [0.25, 0.3) is 0 Å². The first kappa shape index (κ1) is 15.0. The van der Waals surface area contributed by atoms with Gasteiger partial charge in [0, 0.05) is 12.6 Å². The van der Waals surface area contributed by atoms with Crippen LogP contribution in [0.2, 0.25) is 0 Å². The predicted octanol–water partition coefficient (Wildman–Crippen LogP) is 3.75. The molecule has 1 atom stereocenters. The molecule has 1 N–H and O–H groups in total. The van der Waals surface area contributed by atoms with Crippen LogP contribution in [-0.4, -0.2) is 24.8 Å². The molecule has 1 fully saturated rings. The molecular weight excluding hydrogens is 210 g/mol. The highest BCUT2D eigenvalue weighted by atomic mass is 16.5. The van der Waals surface area contributed by atoms with Crippen LogP contribution in [0.5, 0.6) is 0 Å². The van der Waals surface area contributed by atoms with Crippen LogP contribution < -0.4 is 5.32 Å². The minimum absolute atomic E-state index is 0.0383. The van der Waals surface area contributed by atoms with E-state index in [1.165, 1.54) is 38.5 Å². The summed E-state index contributed by atoms with van der Waals surface area (Å²) in [5, 5.41) is 3.61. The van der Waals surface area contributed by atoms with Crippen molar-refractivity contribution in [3.63, 3.8) is 0 Å². The molecule has 1 aliphatic carbocycles. The lowest BCUT2D eigenvalue weighted by molar-refractivity contribution is -0.0409. The summed E-state index contributed by atoms with van der Waals surface area (Å²) < 4.78 is 5.90. The third-order valence-electron chi connectivity index (χ3n) is 4.14. The quantitative estimate of drug-likeness (QED) is 0.699. The van der Waals surface area contributed by atoms with E-state index in [-0.39, 0.29) is 5.60 Å². The second kappa shape index (κ2) is 7.38. The van der Waals surface area contributed by atoms with Crippen LogP contribution in [0.25, 0.3) is 0 Å². The zero-order valence-corrected chi connectivity index (χ0v) is 12.2. The summed E-state index contributed by atoms with van der Waals surface area (Å²) in [5.74, 6) is 0.980. The second-order valence-corrected chi connectivity index (χ2v) is 5.87. The van der Waals surface area contributed by atoms with Gasteiger partial charge in [-0.2, -0.15) is 0 Å². The normalized spacial score (nSPS) is 19.8. The van der Waals surface area contributed by atoms with Crippen molar-refractivity contribution in [3.05, 3.63) is 0 Å². The van der Waals surface area contributed by atoms with Gasteiger partial charge in [-0.05, 0) is 46.1 Å². The Morgan fingerprint density at radius 3 is 2.41 bits per heavy atom. The van der Waals surface area contributed by atoms with Crippen LogP contribution in [0.3, 0.4) is 0 Å². The summed E-state index contributed by atoms with van der Waals surface area (Å²) in [4.78, 5) is 0. The molecule has 0 aromatic carbocycles. The van der Waals surface area contributed by atoms with Crippen molar-refractivity contribution in [3.8, 4) is 0 Å². The zero-order chi connectivity index (χ0) is 12.7. The molecule has 0 bridgehead atoms. The van der Waals surface area contributed by atoms with Gasteiger partial charge >= 0.3 is 0 Å². The molecular formula is C15H31NO. The van der Waals surface area contributed by atoms with Crippen molar-refractivity contribution in [2.75, 3.05) is 13.2 Å². The molecule has 0 radical (unpaired) electrons. The average molecular weight is 241 g/mol. The molecule has 0 spiro atoms. The number of hydrogen-bond acceptors (Lipinski definition) is 2. The first-order valence-electron chi connectivity index (χ1n) is 7.47. The molecule has 2 nitrogen and oxygen atoms in total. The fourth-order valence-corrected chi connectivity index (χ4v) is 3.12. The van der Waals surface area contributed by atoms with Crippen molar-refractivity contribution in [2.24, 2.45) is 5.92 Å². The molecule has 1 aliphatic rings. The Hall–Kier alpha value is -0.0800. The predicted molar refractivity (Wildman–Crippen MR) is 74.4 cm³/mol. The molecule has 0 aliphatic heterocycles. The van der Waals surface area contributed by atoms with Gasteiger partial charge in [-0.15, -0.1) is 0 Å². The van der Waals surface area contributed by atoms with Gasteiger partial charge in [0.2, 0.25) is 0 Å². The number of likely N-dealkylation sites (N-methyl/N-ethyl adjacent to an activating group) is 1. The fourth-order valence-electron chi connectivity index (χ4n) is 3.12. The Bertz CT molecular complexity index is 197. The highest BCUT2D eigenvalue weighted by Gasteiger charge is 2.30. The topological polar surface area (TPSA) is 21.3 Å². The summed E-state index contributed by atoms with van der Waals surface area (Å²) in [6.45, 7) is 10.5. The number of nitrogens with one attached hydrogen (secondary N) is 1. The Balaban J connectivity index is 2.40. The van der Waals surface area contributed by atoms with E-state index >= 15 is 0 Å². The molecule has 1 unspecified atom stereocenters. The lowest BCUT2D eigenvalue weighted by Crippen LogP contribution is -2.48. The summed E-state index contributed by atoms with van der Waals surface area (Å²) in [6.07, 6.45) is 8.43. The van der Waals surface area contributed by atoms with Gasteiger partial charge in [0.15, 0.2) is 0 Å². The van der Waals surface area contributed by atoms with Gasteiger partial charge in [-0.25, -0.2) is 0 Å². The average Bonchev–Trinajstić information content (AvgIpc) is 2.76. The Morgan fingerprint density at radius 1 is 1.24 bits per heavy atom. The highest BCUT2D eigenvalue weighted by Crippen LogP contribution is 2.30. The van der Waals surface area contributed by atoms with E-state index < -0.39 is 0 Å². The van der Waals surface area contributed by atoms with Crippen LogP contribution in [0.15, 0.2) is 0 Å². The van der Waals surface area contributed by atoms with Gasteiger partial charge in [-0.3, -0.25) is 0 Å². The minimum atomic E-state index is -0.0383. The van der Waals surface area contributed by atoms with E-state index in [2.05, 4.69) is 33.0 Å². The first-order chi connectivity index (χ1) is 8.10. The van der Waals surface area contributed by atoms with Gasteiger partial charge in [0.1, 0.15) is 0 Å². The number of ether oxygens (including phenoxy) is 1. The molecule has 0 heterocycles. The van der Waals surface area contributed by atoms with Crippen LogP contribution in [-0.2, 0) is 4.74 Å². The maximum absolute atomic E-state index is 5.90. The van der Waals surface area contributed by atoms with Crippen LogP contribution in [0.1, 0.15) is 66.2 Å². The summed E-state index contributed by atoms with van der Waals surface area (Å²) >= 11 is 0. The van der Waals surface area contributed by atoms with Crippen molar-refractivity contribution >= 4 is 0 Å². The molecule has 1 saturated carbocycles. The number of rotatable bonds is 8. The standard InChI is InChI=1S/C15H31NO/c1-5-16-14(15(3,4)17-6-2)12-11-13-9-7-8-10-13/h13-14,16H,5-12H2,1-4H3. The lowest BCUT2D eigenvalue weighted by atomic mass is 9.90. The largest absolute Gasteiger partial charge is 0.374 e. The van der Waals surface area contributed by atoms with Crippen LogP contribution in [0.4, 0.5) is 0 Å². The van der Waals surface area contributed by atoms with Gasteiger partial charge < -0.3 is 10.1 Å². The molecule has 1 rings (SSSR count). The highest BCUT2D eigenvalue weighted by molar-refractivity contribution is 4.86. The smallest absolute Gasteiger partial charge is 0.0778 e. The van der Waals surface area contributed by atoms with E-state index in [0.29, 0.717) is 6.04 Å². The third-order valence-corrected chi connectivity index (χ3v) is 4.14. The SMILES string of the molecule is CCNC(CCC1CCCC1)C(C)(C)OCC. The van der Waals surface area contributed by atoms with E-state index in [4.69, 9.17) is 4.74 Å². The maximum Gasteiger partial charge on any atom is 0.0778 e. The first-order valence-corrected chi connectivity index (χ1v) is 7.47. The maximum atomic E-state index is 5.90. The summed E-state index contributed by atoms with van der Waals surface area (Å²) in [5.41, 5.74) is -0.0383. The fraction of sp³-hybridized carbons (Fsp3) is 1.00. The van der Waals surface area contributed by atoms with Gasteiger partial charge in [0.05, 0.1) is 5.60 Å². The van der Waals surface area contributed by atoms with Gasteiger partial charge in [-0.1, -0.05) is 32.6 Å². The van der Waals surface area contributed by atoms with Crippen molar-refractivity contribution in [1.82, 2.24) is 5.32 Å². The second-order valence-electron chi connectivity index (χ2n) is 5.87. The molecule has 0 saturated heterocycles. The van der Waals surface area contributed by atoms with E-state index in [9.17, 15) is 0 Å². The monoisotopic (exact) mass is 241 g/mol. The molecule has 0 amide bonds. The Kier molecular flexibility index (Phi) is 6.50. The number of hydrogen-bond donors (Lipinski definition) is 1. The molecule has 0 aromatic heterocycles.